The second-order valence-corrected chi connectivity index (χ2v) is 4.69. The Balaban J connectivity index is 0.00000484. The van der Waals surface area contributed by atoms with E-state index in [1.165, 1.54) is 0 Å². The van der Waals surface area contributed by atoms with Crippen LogP contribution in [0.2, 0.25) is 0 Å². The van der Waals surface area contributed by atoms with E-state index in [0.29, 0.717) is 13.2 Å². The number of aliphatic imine (C=N–C) groups is 1. The second-order valence-electron chi connectivity index (χ2n) is 4.69. The van der Waals surface area contributed by atoms with E-state index >= 15 is 0 Å². The molecule has 0 aliphatic heterocycles. The van der Waals surface area contributed by atoms with E-state index in [1.807, 2.05) is 24.3 Å². The van der Waals surface area contributed by atoms with Crippen LogP contribution in [0.1, 0.15) is 12.8 Å². The van der Waals surface area contributed by atoms with E-state index in [4.69, 9.17) is 14.2 Å². The largest absolute Gasteiger partial charge is 0.493 e. The number of nitrogens with zero attached hydrogens (tertiary/aromatic N) is 1. The Labute approximate surface area is 156 Å². The molecule has 2 N–H and O–H groups in total. The van der Waals surface area contributed by atoms with Gasteiger partial charge in [0.15, 0.2) is 5.96 Å². The van der Waals surface area contributed by atoms with Crippen LogP contribution in [-0.2, 0) is 9.47 Å². The monoisotopic (exact) mass is 437 g/mol. The number of rotatable bonds is 10. The number of halogens is 1. The fourth-order valence-corrected chi connectivity index (χ4v) is 1.80. The molecule has 0 saturated carbocycles. The minimum Gasteiger partial charge on any atom is -0.493 e. The lowest BCUT2D eigenvalue weighted by molar-refractivity contribution is 0.172. The number of hydrogen-bond donors (Lipinski definition) is 2. The molecule has 0 spiro atoms. The van der Waals surface area contributed by atoms with Crippen LogP contribution in [0, 0.1) is 0 Å². The molecular weight excluding hydrogens is 409 g/mol. The number of nitrogens with one attached hydrogen (secondary N) is 2. The molecule has 0 aliphatic rings. The average molecular weight is 437 g/mol. The lowest BCUT2D eigenvalue weighted by Crippen LogP contribution is -2.31. The van der Waals surface area contributed by atoms with Gasteiger partial charge in [-0.1, -0.05) is 6.07 Å². The van der Waals surface area contributed by atoms with E-state index < -0.39 is 0 Å². The van der Waals surface area contributed by atoms with Gasteiger partial charge in [-0.15, -0.1) is 24.0 Å². The molecule has 7 heteroatoms. The van der Waals surface area contributed by atoms with Gasteiger partial charge in [-0.05, 0) is 18.6 Å². The first-order valence-corrected chi connectivity index (χ1v) is 7.48. The predicted molar refractivity (Wildman–Crippen MR) is 105 cm³/mol. The minimum absolute atomic E-state index is 0. The summed E-state index contributed by atoms with van der Waals surface area (Å²) in [6.45, 7) is 2.88. The van der Waals surface area contributed by atoms with Crippen molar-refractivity contribution in [1.29, 1.82) is 0 Å². The van der Waals surface area contributed by atoms with Gasteiger partial charge in [-0.3, -0.25) is 4.99 Å². The highest BCUT2D eigenvalue weighted by Gasteiger charge is 2.01. The summed E-state index contributed by atoms with van der Waals surface area (Å²) in [5, 5.41) is 6.47. The molecule has 0 unspecified atom stereocenters. The zero-order chi connectivity index (χ0) is 16.0. The Hall–Kier alpha value is -1.06. The third-order valence-corrected chi connectivity index (χ3v) is 2.90. The lowest BCUT2D eigenvalue weighted by Gasteiger charge is -2.13. The topological polar surface area (TPSA) is 64.1 Å². The fourth-order valence-electron chi connectivity index (χ4n) is 1.80. The van der Waals surface area contributed by atoms with Gasteiger partial charge in [0.05, 0.1) is 6.61 Å². The minimum atomic E-state index is 0. The van der Waals surface area contributed by atoms with E-state index in [-0.39, 0.29) is 24.0 Å². The van der Waals surface area contributed by atoms with Crippen molar-refractivity contribution in [2.75, 3.05) is 52.9 Å². The highest BCUT2D eigenvalue weighted by atomic mass is 127. The number of methoxy groups -OCH3 is 2. The van der Waals surface area contributed by atoms with Crippen molar-refractivity contribution in [3.8, 4) is 5.75 Å². The van der Waals surface area contributed by atoms with Gasteiger partial charge in [0.2, 0.25) is 0 Å². The predicted octanol–water partition coefficient (Wildman–Crippen LogP) is 2.74. The van der Waals surface area contributed by atoms with E-state index in [9.17, 15) is 0 Å². The Bertz CT molecular complexity index is 444. The highest BCUT2D eigenvalue weighted by molar-refractivity contribution is 14.0. The molecule has 1 aromatic rings. The second kappa shape index (κ2) is 14.5. The number of anilines is 1. The first kappa shape index (κ1) is 21.9. The molecule has 0 heterocycles. The van der Waals surface area contributed by atoms with Crippen LogP contribution < -0.4 is 15.4 Å². The zero-order valence-electron chi connectivity index (χ0n) is 14.1. The molecule has 132 valence electrons. The standard InChI is InChI=1S/C16H27N3O3.HI/c1-17-16(18-9-5-10-20-2)19-14-7-4-8-15(13-14)22-12-6-11-21-3;/h4,7-8,13H,5-6,9-12H2,1-3H3,(H2,17,18,19);1H. The summed E-state index contributed by atoms with van der Waals surface area (Å²) in [7, 11) is 5.14. The average Bonchev–Trinajstić information content (AvgIpc) is 2.55. The number of hydrogen-bond acceptors (Lipinski definition) is 4. The van der Waals surface area contributed by atoms with E-state index in [2.05, 4.69) is 15.6 Å². The molecule has 6 nitrogen and oxygen atoms in total. The molecule has 1 rings (SSSR count). The van der Waals surface area contributed by atoms with Gasteiger partial charge in [0, 0.05) is 59.2 Å². The smallest absolute Gasteiger partial charge is 0.195 e. The summed E-state index contributed by atoms with van der Waals surface area (Å²) in [5.74, 6) is 1.56. The molecule has 0 aromatic heterocycles. The van der Waals surface area contributed by atoms with Gasteiger partial charge >= 0.3 is 0 Å². The number of benzene rings is 1. The van der Waals surface area contributed by atoms with Crippen molar-refractivity contribution < 1.29 is 14.2 Å². The van der Waals surface area contributed by atoms with Crippen LogP contribution in [0.5, 0.6) is 5.75 Å². The number of ether oxygens (including phenoxy) is 3. The van der Waals surface area contributed by atoms with Gasteiger partial charge in [-0.25, -0.2) is 0 Å². The summed E-state index contributed by atoms with van der Waals surface area (Å²) in [5.41, 5.74) is 0.934. The maximum Gasteiger partial charge on any atom is 0.195 e. The van der Waals surface area contributed by atoms with Crippen molar-refractivity contribution in [2.24, 2.45) is 4.99 Å². The molecule has 0 radical (unpaired) electrons. The van der Waals surface area contributed by atoms with Crippen LogP contribution in [0.4, 0.5) is 5.69 Å². The zero-order valence-corrected chi connectivity index (χ0v) is 16.5. The molecule has 0 saturated heterocycles. The maximum absolute atomic E-state index is 5.68. The van der Waals surface area contributed by atoms with Crippen LogP contribution in [0.15, 0.2) is 29.3 Å². The third kappa shape index (κ3) is 10.4. The van der Waals surface area contributed by atoms with E-state index in [0.717, 1.165) is 43.4 Å². The molecule has 0 atom stereocenters. The lowest BCUT2D eigenvalue weighted by atomic mass is 10.3. The van der Waals surface area contributed by atoms with Crippen LogP contribution in [0.25, 0.3) is 0 Å². The molecular formula is C16H28IN3O3. The first-order valence-electron chi connectivity index (χ1n) is 7.48. The Morgan fingerprint density at radius 1 is 1.09 bits per heavy atom. The SMILES string of the molecule is CN=C(NCCCOC)Nc1cccc(OCCCOC)c1.I. The van der Waals surface area contributed by atoms with E-state index in [1.54, 1.807) is 21.3 Å². The fraction of sp³-hybridized carbons (Fsp3) is 0.562. The van der Waals surface area contributed by atoms with Gasteiger partial charge in [-0.2, -0.15) is 0 Å². The normalized spacial score (nSPS) is 10.8. The van der Waals surface area contributed by atoms with Crippen LogP contribution in [-0.4, -0.2) is 53.6 Å². The summed E-state index contributed by atoms with van der Waals surface area (Å²) in [6, 6.07) is 7.82. The van der Waals surface area contributed by atoms with Crippen LogP contribution >= 0.6 is 24.0 Å². The van der Waals surface area contributed by atoms with Crippen molar-refractivity contribution in [2.45, 2.75) is 12.8 Å². The van der Waals surface area contributed by atoms with Crippen molar-refractivity contribution in [1.82, 2.24) is 5.32 Å². The summed E-state index contributed by atoms with van der Waals surface area (Å²) in [6.07, 6.45) is 1.80. The van der Waals surface area contributed by atoms with Gasteiger partial charge in [0.1, 0.15) is 5.75 Å². The highest BCUT2D eigenvalue weighted by Crippen LogP contribution is 2.17. The molecule has 1 aromatic carbocycles. The van der Waals surface area contributed by atoms with Crippen molar-refractivity contribution in [3.05, 3.63) is 24.3 Å². The van der Waals surface area contributed by atoms with Gasteiger partial charge < -0.3 is 24.8 Å². The summed E-state index contributed by atoms with van der Waals surface area (Å²) < 4.78 is 15.7. The van der Waals surface area contributed by atoms with Crippen molar-refractivity contribution in [3.63, 3.8) is 0 Å². The Morgan fingerprint density at radius 2 is 1.83 bits per heavy atom. The van der Waals surface area contributed by atoms with Crippen molar-refractivity contribution >= 4 is 35.6 Å². The first-order chi connectivity index (χ1) is 10.8. The molecule has 23 heavy (non-hydrogen) atoms. The third-order valence-electron chi connectivity index (χ3n) is 2.90. The Kier molecular flexibility index (Phi) is 13.9. The van der Waals surface area contributed by atoms with Gasteiger partial charge in [0.25, 0.3) is 0 Å². The molecule has 0 bridgehead atoms. The summed E-state index contributed by atoms with van der Waals surface area (Å²) >= 11 is 0. The molecule has 0 fully saturated rings. The molecule has 0 aliphatic carbocycles. The number of guanidine groups is 1. The maximum atomic E-state index is 5.68. The summed E-state index contributed by atoms with van der Waals surface area (Å²) in [4.78, 5) is 4.19. The quantitative estimate of drug-likeness (QED) is 0.255. The Morgan fingerprint density at radius 3 is 2.52 bits per heavy atom. The molecule has 0 amide bonds. The van der Waals surface area contributed by atoms with Crippen LogP contribution in [0.3, 0.4) is 0 Å².